The fourth-order valence-electron chi connectivity index (χ4n) is 4.21. The fourth-order valence-corrected chi connectivity index (χ4v) is 4.21. The molecule has 2 atom stereocenters. The number of rotatable bonds is 6. The molecule has 0 aromatic heterocycles. The molecule has 3 fully saturated rings. The van der Waals surface area contributed by atoms with Gasteiger partial charge < -0.3 is 15.4 Å². The van der Waals surface area contributed by atoms with Gasteiger partial charge in [-0.05, 0) is 45.4 Å². The SMILES string of the molecule is CCNC(=NCCC1CCCO1)NC1CCN(C2CCCC2)C1.I. The first-order chi connectivity index (χ1) is 11.3. The number of likely N-dealkylation sites (tertiary alicyclic amines) is 1. The molecule has 2 aliphatic heterocycles. The van der Waals surface area contributed by atoms with Crippen molar-refractivity contribution in [3.8, 4) is 0 Å². The first-order valence-electron chi connectivity index (χ1n) is 9.75. The van der Waals surface area contributed by atoms with Gasteiger partial charge in [-0.25, -0.2) is 0 Å². The molecule has 2 unspecified atom stereocenters. The fraction of sp³-hybridized carbons (Fsp3) is 0.944. The predicted octanol–water partition coefficient (Wildman–Crippen LogP) is 2.75. The quantitative estimate of drug-likeness (QED) is 0.371. The van der Waals surface area contributed by atoms with Crippen LogP contribution in [0.15, 0.2) is 4.99 Å². The molecule has 6 heteroatoms. The van der Waals surface area contributed by atoms with E-state index in [-0.39, 0.29) is 24.0 Å². The Bertz CT molecular complexity index is 381. The molecule has 0 amide bonds. The molecule has 0 radical (unpaired) electrons. The van der Waals surface area contributed by atoms with Crippen molar-refractivity contribution in [2.45, 2.75) is 76.5 Å². The van der Waals surface area contributed by atoms with E-state index in [4.69, 9.17) is 9.73 Å². The molecule has 2 N–H and O–H groups in total. The first kappa shape index (κ1) is 20.2. The zero-order chi connectivity index (χ0) is 15.9. The lowest BCUT2D eigenvalue weighted by molar-refractivity contribution is 0.106. The number of nitrogens with one attached hydrogen (secondary N) is 2. The van der Waals surface area contributed by atoms with Crippen LogP contribution in [0.5, 0.6) is 0 Å². The van der Waals surface area contributed by atoms with E-state index in [0.29, 0.717) is 12.1 Å². The van der Waals surface area contributed by atoms with Crippen molar-refractivity contribution in [1.29, 1.82) is 0 Å². The van der Waals surface area contributed by atoms with Crippen molar-refractivity contribution in [2.75, 3.05) is 32.8 Å². The highest BCUT2D eigenvalue weighted by molar-refractivity contribution is 14.0. The van der Waals surface area contributed by atoms with Crippen molar-refractivity contribution in [1.82, 2.24) is 15.5 Å². The van der Waals surface area contributed by atoms with Gasteiger partial charge >= 0.3 is 0 Å². The molecule has 0 bridgehead atoms. The molecule has 1 saturated carbocycles. The molecular weight excluding hydrogens is 415 g/mol. The maximum absolute atomic E-state index is 5.68. The van der Waals surface area contributed by atoms with Gasteiger partial charge in [-0.15, -0.1) is 24.0 Å². The number of ether oxygens (including phenoxy) is 1. The van der Waals surface area contributed by atoms with Gasteiger partial charge in [0.25, 0.3) is 0 Å². The Morgan fingerprint density at radius 1 is 1.17 bits per heavy atom. The van der Waals surface area contributed by atoms with Crippen LogP contribution in [-0.4, -0.2) is 61.8 Å². The first-order valence-corrected chi connectivity index (χ1v) is 9.75. The Labute approximate surface area is 164 Å². The number of halogens is 1. The molecule has 3 aliphatic rings. The largest absolute Gasteiger partial charge is 0.378 e. The third-order valence-corrected chi connectivity index (χ3v) is 5.49. The Kier molecular flexibility index (Phi) is 9.11. The topological polar surface area (TPSA) is 48.9 Å². The lowest BCUT2D eigenvalue weighted by Crippen LogP contribution is -2.45. The molecule has 2 heterocycles. The van der Waals surface area contributed by atoms with Crippen LogP contribution in [0.25, 0.3) is 0 Å². The smallest absolute Gasteiger partial charge is 0.191 e. The van der Waals surface area contributed by atoms with Crippen molar-refractivity contribution >= 4 is 29.9 Å². The minimum Gasteiger partial charge on any atom is -0.378 e. The highest BCUT2D eigenvalue weighted by atomic mass is 127. The zero-order valence-corrected chi connectivity index (χ0v) is 17.5. The number of hydrogen-bond donors (Lipinski definition) is 2. The van der Waals surface area contributed by atoms with Gasteiger partial charge in [-0.1, -0.05) is 12.8 Å². The Balaban J connectivity index is 0.00000208. The lowest BCUT2D eigenvalue weighted by atomic mass is 10.2. The minimum absolute atomic E-state index is 0. The van der Waals surface area contributed by atoms with Crippen LogP contribution in [0, 0.1) is 0 Å². The maximum atomic E-state index is 5.68. The summed E-state index contributed by atoms with van der Waals surface area (Å²) in [4.78, 5) is 7.45. The predicted molar refractivity (Wildman–Crippen MR) is 110 cm³/mol. The van der Waals surface area contributed by atoms with Gasteiger partial charge in [0.1, 0.15) is 0 Å². The highest BCUT2D eigenvalue weighted by Crippen LogP contribution is 2.26. The van der Waals surface area contributed by atoms with E-state index in [1.807, 2.05) is 0 Å². The Hall–Kier alpha value is -0.0800. The van der Waals surface area contributed by atoms with E-state index in [9.17, 15) is 0 Å². The van der Waals surface area contributed by atoms with Crippen LogP contribution in [0.2, 0.25) is 0 Å². The lowest BCUT2D eigenvalue weighted by Gasteiger charge is -2.24. The van der Waals surface area contributed by atoms with Gasteiger partial charge in [-0.3, -0.25) is 9.89 Å². The van der Waals surface area contributed by atoms with Gasteiger partial charge in [0, 0.05) is 44.9 Å². The third kappa shape index (κ3) is 6.02. The summed E-state index contributed by atoms with van der Waals surface area (Å²) in [6.07, 6.45) is 10.8. The van der Waals surface area contributed by atoms with E-state index in [2.05, 4.69) is 22.5 Å². The molecule has 2 saturated heterocycles. The van der Waals surface area contributed by atoms with E-state index in [1.165, 1.54) is 58.0 Å². The summed E-state index contributed by atoms with van der Waals surface area (Å²) >= 11 is 0. The van der Waals surface area contributed by atoms with Crippen LogP contribution >= 0.6 is 24.0 Å². The van der Waals surface area contributed by atoms with Crippen LogP contribution < -0.4 is 10.6 Å². The zero-order valence-electron chi connectivity index (χ0n) is 15.1. The number of hydrogen-bond acceptors (Lipinski definition) is 3. The average Bonchev–Trinajstić information content (AvgIpc) is 3.30. The van der Waals surface area contributed by atoms with Crippen molar-refractivity contribution in [3.05, 3.63) is 0 Å². The molecule has 3 rings (SSSR count). The highest BCUT2D eigenvalue weighted by Gasteiger charge is 2.30. The van der Waals surface area contributed by atoms with E-state index in [1.54, 1.807) is 0 Å². The molecule has 140 valence electrons. The standard InChI is InChI=1S/C18H34N4O.HI/c1-2-19-18(20-11-9-17-8-5-13-23-17)21-15-10-12-22(14-15)16-6-3-4-7-16;/h15-17H,2-14H2,1H3,(H2,19,20,21);1H. The van der Waals surface area contributed by atoms with Gasteiger partial charge in [0.05, 0.1) is 6.10 Å². The van der Waals surface area contributed by atoms with Gasteiger partial charge in [0.2, 0.25) is 0 Å². The Morgan fingerprint density at radius 2 is 2.00 bits per heavy atom. The summed E-state index contributed by atoms with van der Waals surface area (Å²) in [6.45, 7) is 7.28. The van der Waals surface area contributed by atoms with Crippen LogP contribution in [0.3, 0.4) is 0 Å². The average molecular weight is 450 g/mol. The van der Waals surface area contributed by atoms with Crippen molar-refractivity contribution < 1.29 is 4.74 Å². The van der Waals surface area contributed by atoms with Gasteiger partial charge in [-0.2, -0.15) is 0 Å². The summed E-state index contributed by atoms with van der Waals surface area (Å²) in [5.74, 6) is 0.990. The third-order valence-electron chi connectivity index (χ3n) is 5.49. The second-order valence-corrected chi connectivity index (χ2v) is 7.25. The molecule has 0 aromatic rings. The van der Waals surface area contributed by atoms with E-state index >= 15 is 0 Å². The molecule has 1 aliphatic carbocycles. The summed E-state index contributed by atoms with van der Waals surface area (Å²) in [5.41, 5.74) is 0. The molecular formula is C18H35IN4O. The summed E-state index contributed by atoms with van der Waals surface area (Å²) in [6, 6.07) is 1.40. The molecule has 24 heavy (non-hydrogen) atoms. The monoisotopic (exact) mass is 450 g/mol. The maximum Gasteiger partial charge on any atom is 0.191 e. The normalized spacial score (nSPS) is 29.0. The van der Waals surface area contributed by atoms with Gasteiger partial charge in [0.15, 0.2) is 5.96 Å². The minimum atomic E-state index is 0. The van der Waals surface area contributed by atoms with E-state index in [0.717, 1.165) is 38.1 Å². The molecule has 0 aromatic carbocycles. The van der Waals surface area contributed by atoms with Crippen LogP contribution in [-0.2, 0) is 4.74 Å². The van der Waals surface area contributed by atoms with Crippen molar-refractivity contribution in [3.63, 3.8) is 0 Å². The number of aliphatic imine (C=N–C) groups is 1. The second-order valence-electron chi connectivity index (χ2n) is 7.25. The summed E-state index contributed by atoms with van der Waals surface area (Å²) < 4.78 is 5.68. The second kappa shape index (κ2) is 10.8. The van der Waals surface area contributed by atoms with Crippen molar-refractivity contribution in [2.24, 2.45) is 4.99 Å². The molecule has 5 nitrogen and oxygen atoms in total. The Morgan fingerprint density at radius 3 is 2.71 bits per heavy atom. The summed E-state index contributed by atoms with van der Waals surface area (Å²) in [7, 11) is 0. The number of guanidine groups is 1. The van der Waals surface area contributed by atoms with Crippen LogP contribution in [0.4, 0.5) is 0 Å². The van der Waals surface area contributed by atoms with E-state index < -0.39 is 0 Å². The summed E-state index contributed by atoms with van der Waals surface area (Å²) in [5, 5.41) is 7.05. The van der Waals surface area contributed by atoms with Crippen LogP contribution in [0.1, 0.15) is 58.3 Å². The number of nitrogens with zero attached hydrogens (tertiary/aromatic N) is 2. The molecule has 0 spiro atoms.